The van der Waals surface area contributed by atoms with Gasteiger partial charge in [-0.1, -0.05) is 5.21 Å². The lowest BCUT2D eigenvalue weighted by molar-refractivity contribution is 0.00301. The third-order valence-corrected chi connectivity index (χ3v) is 2.22. The molecule has 0 spiro atoms. The van der Waals surface area contributed by atoms with Gasteiger partial charge in [-0.2, -0.15) is 0 Å². The number of β-amino-alcohol motifs (C(OH)–C–C–N with tert-alkyl or cyclic N) is 1. The fourth-order valence-electron chi connectivity index (χ4n) is 1.24. The van der Waals surface area contributed by atoms with Crippen molar-refractivity contribution in [3.05, 3.63) is 6.20 Å². The fourth-order valence-corrected chi connectivity index (χ4v) is 1.24. The standard InChI is InChI=1S/C7H13N5O/c1-12-6(2-10-11-12)9-5-7(13)3-8-4-7/h2,8-9,13H,3-5H2,1H3. The Balaban J connectivity index is 1.89. The van der Waals surface area contributed by atoms with Crippen LogP contribution in [0, 0.1) is 0 Å². The monoisotopic (exact) mass is 183 g/mol. The molecule has 3 N–H and O–H groups in total. The van der Waals surface area contributed by atoms with E-state index in [0.29, 0.717) is 19.6 Å². The molecule has 2 heterocycles. The highest BCUT2D eigenvalue weighted by atomic mass is 16.3. The van der Waals surface area contributed by atoms with Gasteiger partial charge in [0.2, 0.25) is 0 Å². The van der Waals surface area contributed by atoms with Gasteiger partial charge in [0.15, 0.2) is 0 Å². The Kier molecular flexibility index (Phi) is 1.93. The predicted octanol–water partition coefficient (Wildman–Crippen LogP) is -1.44. The van der Waals surface area contributed by atoms with E-state index in [4.69, 9.17) is 0 Å². The second kappa shape index (κ2) is 2.97. The molecule has 2 rings (SSSR count). The van der Waals surface area contributed by atoms with Gasteiger partial charge in [0.25, 0.3) is 0 Å². The van der Waals surface area contributed by atoms with Crippen molar-refractivity contribution >= 4 is 5.82 Å². The maximum absolute atomic E-state index is 9.72. The SMILES string of the molecule is Cn1nncc1NCC1(O)CNC1. The summed E-state index contributed by atoms with van der Waals surface area (Å²) in [5.74, 6) is 0.820. The average molecular weight is 183 g/mol. The normalized spacial score (nSPS) is 19.5. The van der Waals surface area contributed by atoms with Crippen LogP contribution in [0.5, 0.6) is 0 Å². The zero-order valence-corrected chi connectivity index (χ0v) is 7.49. The van der Waals surface area contributed by atoms with Gasteiger partial charge in [-0.25, -0.2) is 4.68 Å². The molecule has 1 aliphatic rings. The third-order valence-electron chi connectivity index (χ3n) is 2.22. The molecule has 0 atom stereocenters. The lowest BCUT2D eigenvalue weighted by Gasteiger charge is -2.37. The van der Waals surface area contributed by atoms with Crippen molar-refractivity contribution in [3.63, 3.8) is 0 Å². The molecule has 0 amide bonds. The first-order valence-electron chi connectivity index (χ1n) is 4.21. The Bertz CT molecular complexity index is 293. The maximum atomic E-state index is 9.72. The van der Waals surface area contributed by atoms with E-state index in [1.54, 1.807) is 17.9 Å². The van der Waals surface area contributed by atoms with Gasteiger partial charge in [-0.15, -0.1) is 5.10 Å². The summed E-state index contributed by atoms with van der Waals surface area (Å²) < 4.78 is 1.63. The second-order valence-electron chi connectivity index (χ2n) is 3.42. The molecule has 0 saturated carbocycles. The van der Waals surface area contributed by atoms with Crippen molar-refractivity contribution in [2.24, 2.45) is 7.05 Å². The number of aromatic nitrogens is 3. The molecule has 72 valence electrons. The lowest BCUT2D eigenvalue weighted by atomic mass is 9.97. The smallest absolute Gasteiger partial charge is 0.144 e. The first kappa shape index (κ1) is 8.46. The van der Waals surface area contributed by atoms with Crippen LogP contribution in [0.25, 0.3) is 0 Å². The molecule has 1 saturated heterocycles. The largest absolute Gasteiger partial charge is 0.385 e. The molecule has 6 heteroatoms. The molecular formula is C7H13N5O. The molecule has 13 heavy (non-hydrogen) atoms. The predicted molar refractivity (Wildman–Crippen MR) is 47.3 cm³/mol. The number of hydrogen-bond donors (Lipinski definition) is 3. The Morgan fingerprint density at radius 2 is 2.54 bits per heavy atom. The number of anilines is 1. The number of rotatable bonds is 3. The molecule has 0 bridgehead atoms. The van der Waals surface area contributed by atoms with Gasteiger partial charge in [0, 0.05) is 26.7 Å². The second-order valence-corrected chi connectivity index (χ2v) is 3.42. The molecule has 0 unspecified atom stereocenters. The highest BCUT2D eigenvalue weighted by Crippen LogP contribution is 2.11. The van der Waals surface area contributed by atoms with Crippen LogP contribution in [0.3, 0.4) is 0 Å². The minimum absolute atomic E-state index is 0.529. The molecule has 0 radical (unpaired) electrons. The Morgan fingerprint density at radius 1 is 1.77 bits per heavy atom. The van der Waals surface area contributed by atoms with E-state index in [2.05, 4.69) is 20.9 Å². The Labute approximate surface area is 75.9 Å². The molecule has 1 aliphatic heterocycles. The van der Waals surface area contributed by atoms with Gasteiger partial charge >= 0.3 is 0 Å². The van der Waals surface area contributed by atoms with Crippen molar-refractivity contribution < 1.29 is 5.11 Å². The summed E-state index contributed by atoms with van der Waals surface area (Å²) in [5.41, 5.74) is -0.607. The van der Waals surface area contributed by atoms with E-state index >= 15 is 0 Å². The Morgan fingerprint density at radius 3 is 3.00 bits per heavy atom. The van der Waals surface area contributed by atoms with Crippen LogP contribution in [0.4, 0.5) is 5.82 Å². The van der Waals surface area contributed by atoms with Crippen LogP contribution in [-0.4, -0.2) is 45.3 Å². The van der Waals surface area contributed by atoms with Crippen LogP contribution in [-0.2, 0) is 7.05 Å². The van der Waals surface area contributed by atoms with Crippen LogP contribution >= 0.6 is 0 Å². The van der Waals surface area contributed by atoms with Gasteiger partial charge in [-0.05, 0) is 0 Å². The summed E-state index contributed by atoms with van der Waals surface area (Å²) >= 11 is 0. The Hall–Kier alpha value is -1.14. The zero-order valence-electron chi connectivity index (χ0n) is 7.49. The molecular weight excluding hydrogens is 170 g/mol. The summed E-state index contributed by atoms with van der Waals surface area (Å²) in [6, 6.07) is 0. The van der Waals surface area contributed by atoms with Gasteiger partial charge < -0.3 is 15.7 Å². The van der Waals surface area contributed by atoms with E-state index in [9.17, 15) is 5.11 Å². The van der Waals surface area contributed by atoms with Crippen LogP contribution in [0.2, 0.25) is 0 Å². The summed E-state index contributed by atoms with van der Waals surface area (Å²) in [4.78, 5) is 0. The number of hydrogen-bond acceptors (Lipinski definition) is 5. The van der Waals surface area contributed by atoms with Crippen molar-refractivity contribution in [3.8, 4) is 0 Å². The minimum atomic E-state index is -0.607. The molecule has 1 fully saturated rings. The molecule has 1 aromatic rings. The van der Waals surface area contributed by atoms with E-state index in [1.165, 1.54) is 0 Å². The molecule has 0 aliphatic carbocycles. The summed E-state index contributed by atoms with van der Waals surface area (Å²) in [5, 5.41) is 23.3. The highest BCUT2D eigenvalue weighted by molar-refractivity contribution is 5.31. The highest BCUT2D eigenvalue weighted by Gasteiger charge is 2.33. The minimum Gasteiger partial charge on any atom is -0.385 e. The van der Waals surface area contributed by atoms with E-state index in [0.717, 1.165) is 5.82 Å². The summed E-state index contributed by atoms with van der Waals surface area (Å²) in [7, 11) is 1.80. The molecule has 6 nitrogen and oxygen atoms in total. The van der Waals surface area contributed by atoms with Crippen molar-refractivity contribution in [2.75, 3.05) is 25.0 Å². The quantitative estimate of drug-likeness (QED) is 0.535. The van der Waals surface area contributed by atoms with E-state index < -0.39 is 5.60 Å². The zero-order chi connectivity index (χ0) is 9.31. The third kappa shape index (κ3) is 1.63. The number of nitrogens with one attached hydrogen (secondary N) is 2. The van der Waals surface area contributed by atoms with E-state index in [1.807, 2.05) is 0 Å². The number of nitrogens with zero attached hydrogens (tertiary/aromatic N) is 3. The lowest BCUT2D eigenvalue weighted by Crippen LogP contribution is -2.63. The summed E-state index contributed by atoms with van der Waals surface area (Å²) in [6.45, 7) is 1.82. The summed E-state index contributed by atoms with van der Waals surface area (Å²) in [6.07, 6.45) is 1.63. The maximum Gasteiger partial charge on any atom is 0.144 e. The number of aliphatic hydroxyl groups is 1. The van der Waals surface area contributed by atoms with E-state index in [-0.39, 0.29) is 0 Å². The molecule has 0 aromatic carbocycles. The van der Waals surface area contributed by atoms with Gasteiger partial charge in [0.1, 0.15) is 11.4 Å². The first-order valence-corrected chi connectivity index (χ1v) is 4.21. The fraction of sp³-hybridized carbons (Fsp3) is 0.714. The van der Waals surface area contributed by atoms with Crippen LogP contribution < -0.4 is 10.6 Å². The van der Waals surface area contributed by atoms with Gasteiger partial charge in [0.05, 0.1) is 6.20 Å². The number of aryl methyl sites for hydroxylation is 1. The van der Waals surface area contributed by atoms with Crippen molar-refractivity contribution in [2.45, 2.75) is 5.60 Å². The van der Waals surface area contributed by atoms with Crippen molar-refractivity contribution in [1.29, 1.82) is 0 Å². The first-order chi connectivity index (χ1) is 6.20. The average Bonchev–Trinajstić information content (AvgIpc) is 2.44. The van der Waals surface area contributed by atoms with Crippen LogP contribution in [0.1, 0.15) is 0 Å². The van der Waals surface area contributed by atoms with Gasteiger partial charge in [-0.3, -0.25) is 0 Å². The molecule has 1 aromatic heterocycles. The van der Waals surface area contributed by atoms with Crippen LogP contribution in [0.15, 0.2) is 6.20 Å². The van der Waals surface area contributed by atoms with Crippen molar-refractivity contribution in [1.82, 2.24) is 20.3 Å². The topological polar surface area (TPSA) is 75.0 Å².